The van der Waals surface area contributed by atoms with Crippen LogP contribution in [0.5, 0.6) is 11.5 Å². The number of hydrogen-bond acceptors (Lipinski definition) is 4. The molecule has 0 saturated heterocycles. The van der Waals surface area contributed by atoms with Crippen molar-refractivity contribution in [3.8, 4) is 11.5 Å². The standard InChI is InChI=1S/C20H15ClN2O3S/c1-13-17(7-4-10-22-13)25-19-9-8-15(21)12-16(19)23-27(24)20-11-14-5-2-3-6-18(14)26-20/h2-12,23H,1H3. The molecule has 2 aromatic carbocycles. The summed E-state index contributed by atoms with van der Waals surface area (Å²) in [5.74, 6) is 1.09. The zero-order chi connectivity index (χ0) is 18.8. The smallest absolute Gasteiger partial charge is 0.212 e. The lowest BCUT2D eigenvalue weighted by Gasteiger charge is -2.13. The van der Waals surface area contributed by atoms with Crippen LogP contribution in [-0.4, -0.2) is 9.19 Å². The summed E-state index contributed by atoms with van der Waals surface area (Å²) in [5.41, 5.74) is 1.91. The highest BCUT2D eigenvalue weighted by Crippen LogP contribution is 2.34. The number of hydrogen-bond donors (Lipinski definition) is 1. The van der Waals surface area contributed by atoms with Crippen LogP contribution in [-0.2, 0) is 11.0 Å². The first-order chi connectivity index (χ1) is 13.1. The number of rotatable bonds is 5. The summed E-state index contributed by atoms with van der Waals surface area (Å²) in [7, 11) is -1.62. The molecule has 1 unspecified atom stereocenters. The molecule has 7 heteroatoms. The molecule has 0 bridgehead atoms. The van der Waals surface area contributed by atoms with Crippen molar-refractivity contribution in [1.82, 2.24) is 4.98 Å². The van der Waals surface area contributed by atoms with Crippen molar-refractivity contribution in [2.24, 2.45) is 0 Å². The van der Waals surface area contributed by atoms with Crippen LogP contribution in [0.2, 0.25) is 5.02 Å². The lowest BCUT2D eigenvalue weighted by molar-refractivity contribution is 0.478. The molecule has 1 atom stereocenters. The van der Waals surface area contributed by atoms with E-state index in [4.69, 9.17) is 20.8 Å². The summed E-state index contributed by atoms with van der Waals surface area (Å²) < 4.78 is 27.3. The first-order valence-corrected chi connectivity index (χ1v) is 9.69. The maximum Gasteiger partial charge on any atom is 0.212 e. The average molecular weight is 399 g/mol. The number of pyridine rings is 1. The van der Waals surface area contributed by atoms with E-state index in [1.165, 1.54) is 0 Å². The predicted molar refractivity (Wildman–Crippen MR) is 107 cm³/mol. The van der Waals surface area contributed by atoms with Gasteiger partial charge in [-0.15, -0.1) is 0 Å². The van der Waals surface area contributed by atoms with E-state index in [0.717, 1.165) is 11.1 Å². The van der Waals surface area contributed by atoms with Gasteiger partial charge in [0.15, 0.2) is 16.7 Å². The number of para-hydroxylation sites is 1. The minimum atomic E-state index is -1.62. The monoisotopic (exact) mass is 398 g/mol. The Balaban J connectivity index is 1.63. The first-order valence-electron chi connectivity index (χ1n) is 8.16. The van der Waals surface area contributed by atoms with Crippen LogP contribution < -0.4 is 9.46 Å². The molecule has 0 saturated carbocycles. The van der Waals surface area contributed by atoms with E-state index in [1.807, 2.05) is 37.3 Å². The van der Waals surface area contributed by atoms with E-state index in [2.05, 4.69) is 9.71 Å². The Hall–Kier alpha value is -2.83. The summed E-state index contributed by atoms with van der Waals surface area (Å²) in [5, 5.41) is 1.70. The molecule has 5 nitrogen and oxygen atoms in total. The number of benzene rings is 2. The van der Waals surface area contributed by atoms with Crippen LogP contribution in [0.15, 0.2) is 76.4 Å². The topological polar surface area (TPSA) is 64.4 Å². The fourth-order valence-electron chi connectivity index (χ4n) is 2.57. The van der Waals surface area contributed by atoms with Gasteiger partial charge in [0.2, 0.25) is 5.09 Å². The van der Waals surface area contributed by atoms with Crippen LogP contribution in [0.1, 0.15) is 5.69 Å². The molecule has 0 radical (unpaired) electrons. The van der Waals surface area contributed by atoms with Crippen LogP contribution >= 0.6 is 11.6 Å². The van der Waals surface area contributed by atoms with E-state index in [9.17, 15) is 4.21 Å². The molecule has 27 heavy (non-hydrogen) atoms. The van der Waals surface area contributed by atoms with Crippen molar-refractivity contribution >= 4 is 39.2 Å². The van der Waals surface area contributed by atoms with Crippen molar-refractivity contribution in [3.05, 3.63) is 77.6 Å². The number of aryl methyl sites for hydroxylation is 1. The van der Waals surface area contributed by atoms with E-state index in [1.54, 1.807) is 36.5 Å². The maximum atomic E-state index is 12.8. The summed E-state index contributed by atoms with van der Waals surface area (Å²) in [6.45, 7) is 1.85. The average Bonchev–Trinajstić information content (AvgIpc) is 3.10. The van der Waals surface area contributed by atoms with Gasteiger partial charge in [-0.1, -0.05) is 29.8 Å². The summed E-state index contributed by atoms with van der Waals surface area (Å²) >= 11 is 6.11. The fraction of sp³-hybridized carbons (Fsp3) is 0.0500. The third-order valence-corrected chi connectivity index (χ3v) is 5.12. The zero-order valence-corrected chi connectivity index (χ0v) is 15.9. The number of halogens is 1. The molecule has 0 aliphatic carbocycles. The number of nitrogens with one attached hydrogen (secondary N) is 1. The second-order valence-corrected chi connectivity index (χ2v) is 7.38. The van der Waals surface area contributed by atoms with Crippen LogP contribution in [0.25, 0.3) is 11.0 Å². The van der Waals surface area contributed by atoms with E-state index in [-0.39, 0.29) is 0 Å². The van der Waals surface area contributed by atoms with Gasteiger partial charge in [-0.2, -0.15) is 0 Å². The molecule has 2 heterocycles. The maximum absolute atomic E-state index is 12.8. The molecule has 0 amide bonds. The number of nitrogens with zero attached hydrogens (tertiary/aromatic N) is 1. The lowest BCUT2D eigenvalue weighted by Crippen LogP contribution is -2.05. The van der Waals surface area contributed by atoms with Crippen molar-refractivity contribution < 1.29 is 13.4 Å². The Morgan fingerprint density at radius 3 is 2.74 bits per heavy atom. The highest BCUT2D eigenvalue weighted by molar-refractivity contribution is 7.86. The molecule has 1 N–H and O–H groups in total. The molecule has 2 aromatic heterocycles. The van der Waals surface area contributed by atoms with Gasteiger partial charge < -0.3 is 9.15 Å². The molecule has 4 aromatic rings. The fourth-order valence-corrected chi connectivity index (χ4v) is 3.60. The van der Waals surface area contributed by atoms with Gasteiger partial charge in [-0.25, -0.2) is 4.21 Å². The molecule has 0 fully saturated rings. The van der Waals surface area contributed by atoms with Gasteiger partial charge in [0, 0.05) is 22.7 Å². The molecular formula is C20H15ClN2O3S. The zero-order valence-electron chi connectivity index (χ0n) is 14.3. The second kappa shape index (κ2) is 7.42. The highest BCUT2D eigenvalue weighted by atomic mass is 35.5. The Morgan fingerprint density at radius 1 is 1.07 bits per heavy atom. The number of anilines is 1. The summed E-state index contributed by atoms with van der Waals surface area (Å²) in [4.78, 5) is 4.21. The van der Waals surface area contributed by atoms with Crippen molar-refractivity contribution in [2.45, 2.75) is 12.0 Å². The normalized spacial score (nSPS) is 12.1. The lowest BCUT2D eigenvalue weighted by atomic mass is 10.3. The van der Waals surface area contributed by atoms with Crippen LogP contribution in [0.4, 0.5) is 5.69 Å². The molecule has 0 aliphatic heterocycles. The predicted octanol–water partition coefficient (Wildman–Crippen LogP) is 5.72. The molecule has 4 rings (SSSR count). The summed E-state index contributed by atoms with van der Waals surface area (Å²) in [6.07, 6.45) is 1.69. The van der Waals surface area contributed by atoms with Gasteiger partial charge in [-0.3, -0.25) is 9.71 Å². The van der Waals surface area contributed by atoms with E-state index < -0.39 is 11.0 Å². The van der Waals surface area contributed by atoms with Gasteiger partial charge in [0.25, 0.3) is 0 Å². The summed E-state index contributed by atoms with van der Waals surface area (Å²) in [6, 6.07) is 17.9. The van der Waals surface area contributed by atoms with Crippen LogP contribution in [0, 0.1) is 6.92 Å². The number of aromatic nitrogens is 1. The van der Waals surface area contributed by atoms with Crippen molar-refractivity contribution in [2.75, 3.05) is 4.72 Å². The molecule has 0 spiro atoms. The Kier molecular flexibility index (Phi) is 4.83. The highest BCUT2D eigenvalue weighted by Gasteiger charge is 2.15. The minimum absolute atomic E-state index is 0.319. The van der Waals surface area contributed by atoms with Crippen molar-refractivity contribution in [1.29, 1.82) is 0 Å². The Labute approximate surface area is 163 Å². The molecular weight excluding hydrogens is 384 g/mol. The third-order valence-electron chi connectivity index (χ3n) is 3.91. The largest absolute Gasteiger partial charge is 0.453 e. The van der Waals surface area contributed by atoms with Gasteiger partial charge in [0.05, 0.1) is 11.4 Å². The van der Waals surface area contributed by atoms with E-state index in [0.29, 0.717) is 32.9 Å². The number of fused-ring (bicyclic) bond motifs is 1. The Morgan fingerprint density at radius 2 is 1.93 bits per heavy atom. The number of ether oxygens (including phenoxy) is 1. The quantitative estimate of drug-likeness (QED) is 0.467. The van der Waals surface area contributed by atoms with Crippen LogP contribution in [0.3, 0.4) is 0 Å². The second-order valence-electron chi connectivity index (χ2n) is 5.80. The minimum Gasteiger partial charge on any atom is -0.453 e. The number of furan rings is 1. The molecule has 136 valence electrons. The SMILES string of the molecule is Cc1ncccc1Oc1ccc(Cl)cc1NS(=O)c1cc2ccccc2o1. The van der Waals surface area contributed by atoms with Gasteiger partial charge in [-0.05, 0) is 43.3 Å². The van der Waals surface area contributed by atoms with Gasteiger partial charge >= 0.3 is 0 Å². The van der Waals surface area contributed by atoms with Crippen molar-refractivity contribution in [3.63, 3.8) is 0 Å². The van der Waals surface area contributed by atoms with Gasteiger partial charge in [0.1, 0.15) is 11.3 Å². The Bertz CT molecular complexity index is 1110. The molecule has 0 aliphatic rings. The van der Waals surface area contributed by atoms with E-state index >= 15 is 0 Å². The third kappa shape index (κ3) is 3.82. The first kappa shape index (κ1) is 17.6.